The zero-order valence-electron chi connectivity index (χ0n) is 10.0. The fourth-order valence-corrected chi connectivity index (χ4v) is 2.55. The number of hydrogen-bond donors (Lipinski definition) is 3. The molecule has 3 N–H and O–H groups in total. The first-order chi connectivity index (χ1) is 7.63. The summed E-state index contributed by atoms with van der Waals surface area (Å²) < 4.78 is 0. The average Bonchev–Trinajstić information content (AvgIpc) is 2.65. The second-order valence-corrected chi connectivity index (χ2v) is 5.64. The minimum absolute atomic E-state index is 0.0190. The number of nitrogens with one attached hydrogen (secondary N) is 2. The van der Waals surface area contributed by atoms with E-state index < -0.39 is 0 Å². The van der Waals surface area contributed by atoms with Gasteiger partial charge in [-0.05, 0) is 31.3 Å². The molecule has 1 fully saturated rings. The van der Waals surface area contributed by atoms with E-state index in [2.05, 4.69) is 17.6 Å². The lowest BCUT2D eigenvalue weighted by atomic mass is 10.1. The van der Waals surface area contributed by atoms with E-state index in [1.165, 1.54) is 0 Å². The molecule has 0 aliphatic carbocycles. The number of carbonyl (C=O) groups excluding carboxylic acids is 1. The topological polar surface area (TPSA) is 61.4 Å². The van der Waals surface area contributed by atoms with Crippen molar-refractivity contribution in [1.29, 1.82) is 0 Å². The van der Waals surface area contributed by atoms with Crippen LogP contribution in [0.5, 0.6) is 0 Å². The van der Waals surface area contributed by atoms with Crippen molar-refractivity contribution in [2.75, 3.05) is 18.1 Å². The molecule has 0 radical (unpaired) electrons. The number of aliphatic hydroxyl groups excluding tert-OH is 1. The normalized spacial score (nSPS) is 26.7. The van der Waals surface area contributed by atoms with Crippen LogP contribution in [0.15, 0.2) is 0 Å². The van der Waals surface area contributed by atoms with E-state index in [9.17, 15) is 9.90 Å². The van der Waals surface area contributed by atoms with Crippen molar-refractivity contribution in [3.63, 3.8) is 0 Å². The summed E-state index contributed by atoms with van der Waals surface area (Å²) in [5.41, 5.74) is 0. The summed E-state index contributed by atoms with van der Waals surface area (Å²) in [6.45, 7) is 4.69. The predicted octanol–water partition coefficient (Wildman–Crippen LogP) is 0.357. The fraction of sp³-hybridized carbons (Fsp3) is 0.909. The van der Waals surface area contributed by atoms with E-state index in [0.717, 1.165) is 17.9 Å². The van der Waals surface area contributed by atoms with Crippen molar-refractivity contribution < 1.29 is 9.90 Å². The van der Waals surface area contributed by atoms with Gasteiger partial charge in [0.15, 0.2) is 0 Å². The van der Waals surface area contributed by atoms with Crippen LogP contribution in [0, 0.1) is 0 Å². The van der Waals surface area contributed by atoms with Crippen LogP contribution in [0.25, 0.3) is 0 Å². The van der Waals surface area contributed by atoms with Gasteiger partial charge in [-0.15, -0.1) is 0 Å². The van der Waals surface area contributed by atoms with Gasteiger partial charge in [-0.25, -0.2) is 0 Å². The van der Waals surface area contributed by atoms with Crippen LogP contribution in [-0.2, 0) is 4.79 Å². The van der Waals surface area contributed by atoms with E-state index in [1.54, 1.807) is 0 Å². The number of carbonyl (C=O) groups is 1. The number of hydrogen-bond acceptors (Lipinski definition) is 4. The van der Waals surface area contributed by atoms with Crippen LogP contribution in [0.4, 0.5) is 0 Å². The zero-order chi connectivity index (χ0) is 12.0. The van der Waals surface area contributed by atoms with Gasteiger partial charge < -0.3 is 15.7 Å². The molecule has 1 saturated heterocycles. The smallest absolute Gasteiger partial charge is 0.237 e. The molecule has 1 aliphatic heterocycles. The number of thioether (sulfide) groups is 1. The Morgan fingerprint density at radius 1 is 1.69 bits per heavy atom. The van der Waals surface area contributed by atoms with Crippen LogP contribution in [0.2, 0.25) is 0 Å². The molecule has 0 aromatic rings. The van der Waals surface area contributed by atoms with Crippen LogP contribution in [-0.4, -0.2) is 47.3 Å². The van der Waals surface area contributed by atoms with Gasteiger partial charge in [-0.1, -0.05) is 6.92 Å². The maximum Gasteiger partial charge on any atom is 0.237 e. The van der Waals surface area contributed by atoms with E-state index in [-0.39, 0.29) is 24.1 Å². The van der Waals surface area contributed by atoms with Gasteiger partial charge in [0.2, 0.25) is 5.91 Å². The summed E-state index contributed by atoms with van der Waals surface area (Å²) in [6, 6.07) is 0.00220. The quantitative estimate of drug-likeness (QED) is 0.592. The largest absolute Gasteiger partial charge is 0.392 e. The van der Waals surface area contributed by atoms with E-state index in [4.69, 9.17) is 0 Å². The lowest BCUT2D eigenvalue weighted by Gasteiger charge is -2.16. The Morgan fingerprint density at radius 2 is 2.44 bits per heavy atom. The third kappa shape index (κ3) is 4.72. The molecule has 0 spiro atoms. The molecule has 0 bridgehead atoms. The highest BCUT2D eigenvalue weighted by Gasteiger charge is 2.28. The lowest BCUT2D eigenvalue weighted by Crippen LogP contribution is -2.44. The molecule has 1 rings (SSSR count). The second-order valence-electron chi connectivity index (χ2n) is 4.25. The number of amides is 1. The number of β-amino-alcohol motifs (C(OH)–C–C–N with tert-alkyl or cyclic N) is 1. The highest BCUT2D eigenvalue weighted by atomic mass is 32.2. The van der Waals surface area contributed by atoms with Crippen molar-refractivity contribution >= 4 is 17.7 Å². The summed E-state index contributed by atoms with van der Waals surface area (Å²) >= 11 is 1.89. The van der Waals surface area contributed by atoms with Gasteiger partial charge in [-0.3, -0.25) is 4.79 Å². The average molecular weight is 246 g/mol. The number of rotatable bonds is 6. The van der Waals surface area contributed by atoms with Crippen LogP contribution in [0.3, 0.4) is 0 Å². The summed E-state index contributed by atoms with van der Waals surface area (Å²) in [4.78, 5) is 11.7. The SMILES string of the molecule is CCSCCC(C)NC(=O)C1CC(O)CN1. The molecule has 5 heteroatoms. The summed E-state index contributed by atoms with van der Waals surface area (Å²) in [6.07, 6.45) is 1.16. The van der Waals surface area contributed by atoms with Crippen molar-refractivity contribution in [3.05, 3.63) is 0 Å². The van der Waals surface area contributed by atoms with Crippen molar-refractivity contribution in [2.45, 2.75) is 44.9 Å². The first-order valence-corrected chi connectivity index (χ1v) is 7.08. The molecule has 0 saturated carbocycles. The third-order valence-electron chi connectivity index (χ3n) is 2.71. The summed E-state index contributed by atoms with van der Waals surface area (Å²) in [7, 11) is 0. The second kappa shape index (κ2) is 7.14. The Morgan fingerprint density at radius 3 is 3.00 bits per heavy atom. The van der Waals surface area contributed by atoms with E-state index >= 15 is 0 Å². The van der Waals surface area contributed by atoms with Gasteiger partial charge >= 0.3 is 0 Å². The van der Waals surface area contributed by atoms with Crippen LogP contribution >= 0.6 is 11.8 Å². The molecule has 1 aliphatic rings. The van der Waals surface area contributed by atoms with Crippen LogP contribution in [0.1, 0.15) is 26.7 Å². The highest BCUT2D eigenvalue weighted by Crippen LogP contribution is 2.08. The standard InChI is InChI=1S/C11H22N2O2S/c1-3-16-5-4-8(2)13-11(15)10-6-9(14)7-12-10/h8-10,12,14H,3-7H2,1-2H3,(H,13,15). The van der Waals surface area contributed by atoms with Crippen molar-refractivity contribution in [3.8, 4) is 0 Å². The Hall–Kier alpha value is -0.260. The first kappa shape index (κ1) is 13.8. The Labute approximate surface area is 102 Å². The third-order valence-corrected chi connectivity index (χ3v) is 3.64. The Balaban J connectivity index is 2.17. The summed E-state index contributed by atoms with van der Waals surface area (Å²) in [5, 5.41) is 15.3. The van der Waals surface area contributed by atoms with Crippen LogP contribution < -0.4 is 10.6 Å². The van der Waals surface area contributed by atoms with Crippen molar-refractivity contribution in [2.24, 2.45) is 0 Å². The molecule has 3 atom stereocenters. The molecule has 0 aromatic carbocycles. The van der Waals surface area contributed by atoms with Crippen molar-refractivity contribution in [1.82, 2.24) is 10.6 Å². The molecule has 4 nitrogen and oxygen atoms in total. The number of aliphatic hydroxyl groups is 1. The lowest BCUT2D eigenvalue weighted by molar-refractivity contribution is -0.123. The monoisotopic (exact) mass is 246 g/mol. The predicted molar refractivity (Wildman–Crippen MR) is 67.6 cm³/mol. The minimum Gasteiger partial charge on any atom is -0.392 e. The molecule has 3 unspecified atom stereocenters. The first-order valence-electron chi connectivity index (χ1n) is 5.93. The maximum absolute atomic E-state index is 11.7. The highest BCUT2D eigenvalue weighted by molar-refractivity contribution is 7.99. The summed E-state index contributed by atoms with van der Waals surface area (Å²) in [5.74, 6) is 2.22. The van der Waals surface area contributed by atoms with E-state index in [0.29, 0.717) is 13.0 Å². The Bertz CT molecular complexity index is 226. The van der Waals surface area contributed by atoms with Gasteiger partial charge in [0, 0.05) is 12.6 Å². The minimum atomic E-state index is -0.373. The van der Waals surface area contributed by atoms with E-state index in [1.807, 2.05) is 18.7 Å². The molecule has 1 heterocycles. The molecule has 16 heavy (non-hydrogen) atoms. The van der Waals surface area contributed by atoms with Gasteiger partial charge in [0.1, 0.15) is 0 Å². The molecular formula is C11H22N2O2S. The van der Waals surface area contributed by atoms with Gasteiger partial charge in [-0.2, -0.15) is 11.8 Å². The Kier molecular flexibility index (Phi) is 6.16. The van der Waals surface area contributed by atoms with Gasteiger partial charge in [0.05, 0.1) is 12.1 Å². The maximum atomic E-state index is 11.7. The molecule has 1 amide bonds. The molecule has 0 aromatic heterocycles. The molecule has 94 valence electrons. The molecular weight excluding hydrogens is 224 g/mol. The fourth-order valence-electron chi connectivity index (χ4n) is 1.74. The zero-order valence-corrected chi connectivity index (χ0v) is 10.8. The van der Waals surface area contributed by atoms with Gasteiger partial charge in [0.25, 0.3) is 0 Å².